The second kappa shape index (κ2) is 9.85. The molecule has 3 aromatic rings. The molecule has 0 radical (unpaired) electrons. The van der Waals surface area contributed by atoms with E-state index in [0.29, 0.717) is 17.8 Å². The van der Waals surface area contributed by atoms with Crippen molar-refractivity contribution in [2.24, 2.45) is 0 Å². The minimum absolute atomic E-state index is 0.00772. The number of aliphatic carboxylic acids is 1. The number of aromatic nitrogens is 1. The number of carbonyl (C=O) groups excluding carboxylic acids is 1. The van der Waals surface area contributed by atoms with Crippen LogP contribution >= 0.6 is 0 Å². The highest BCUT2D eigenvalue weighted by molar-refractivity contribution is 6.08. The summed E-state index contributed by atoms with van der Waals surface area (Å²) in [4.78, 5) is 23.6. The second-order valence-electron chi connectivity index (χ2n) is 7.18. The number of aryl methyl sites for hydroxylation is 1. The van der Waals surface area contributed by atoms with E-state index in [0.717, 1.165) is 16.7 Å². The summed E-state index contributed by atoms with van der Waals surface area (Å²) >= 11 is 0. The normalized spacial score (nSPS) is 12.2. The fourth-order valence-electron chi connectivity index (χ4n) is 2.95. The lowest BCUT2D eigenvalue weighted by Crippen LogP contribution is -2.19. The van der Waals surface area contributed by atoms with Crippen LogP contribution in [0.15, 0.2) is 72.9 Å². The Hall–Kier alpha value is -3.44. The maximum Gasteiger partial charge on any atom is 0.332 e. The molecule has 0 aliphatic rings. The number of hydrogen-bond acceptors (Lipinski definition) is 3. The molecule has 3 rings (SSSR count). The topological polar surface area (TPSA) is 68.5 Å². The fourth-order valence-corrected chi connectivity index (χ4v) is 2.95. The number of carbonyl (C=O) groups is 2. The van der Waals surface area contributed by atoms with Crippen molar-refractivity contribution in [3.8, 4) is 0 Å². The highest BCUT2D eigenvalue weighted by Gasteiger charge is 2.12. The summed E-state index contributed by atoms with van der Waals surface area (Å²) in [5.41, 5.74) is 4.39. The standard InChI is InChI=1S/C25H25NO4/c1-18-7-13-22(14-8-18)24(27)23-6-4-16-26(23)15-3-5-20-9-11-21(12-10-20)17-30-19(2)25(28)29/h3-14,16,19H,15,17H2,1-2H3,(H,28,29)/b5-3+. The fraction of sp³-hybridized carbons (Fsp3) is 0.200. The van der Waals surface area contributed by atoms with Crippen LogP contribution in [0.25, 0.3) is 6.08 Å². The third-order valence-corrected chi connectivity index (χ3v) is 4.82. The molecule has 0 amide bonds. The van der Waals surface area contributed by atoms with Gasteiger partial charge >= 0.3 is 5.97 Å². The summed E-state index contributed by atoms with van der Waals surface area (Å²) in [6.07, 6.45) is 5.06. The van der Waals surface area contributed by atoms with Gasteiger partial charge in [-0.1, -0.05) is 66.2 Å². The number of ketones is 1. The van der Waals surface area contributed by atoms with Crippen molar-refractivity contribution in [2.45, 2.75) is 33.1 Å². The van der Waals surface area contributed by atoms with E-state index in [1.807, 2.05) is 90.5 Å². The Balaban J connectivity index is 1.60. The van der Waals surface area contributed by atoms with Gasteiger partial charge < -0.3 is 14.4 Å². The summed E-state index contributed by atoms with van der Waals surface area (Å²) in [7, 11) is 0. The minimum atomic E-state index is -0.972. The molecule has 154 valence electrons. The molecule has 1 N–H and O–H groups in total. The molecule has 2 aromatic carbocycles. The van der Waals surface area contributed by atoms with Crippen LogP contribution in [0, 0.1) is 6.92 Å². The van der Waals surface area contributed by atoms with Crippen molar-refractivity contribution in [3.63, 3.8) is 0 Å². The van der Waals surface area contributed by atoms with E-state index in [1.165, 1.54) is 6.92 Å². The van der Waals surface area contributed by atoms with Gasteiger partial charge in [0.05, 0.1) is 12.3 Å². The molecule has 0 aliphatic heterocycles. The van der Waals surface area contributed by atoms with E-state index < -0.39 is 12.1 Å². The number of carboxylic acid groups (broad SMARTS) is 1. The number of hydrogen-bond donors (Lipinski definition) is 1. The number of benzene rings is 2. The van der Waals surface area contributed by atoms with Gasteiger partial charge in [0.15, 0.2) is 6.10 Å². The number of nitrogens with zero attached hydrogens (tertiary/aromatic N) is 1. The summed E-state index contributed by atoms with van der Waals surface area (Å²) in [5, 5.41) is 8.85. The highest BCUT2D eigenvalue weighted by atomic mass is 16.5. The van der Waals surface area contributed by atoms with Gasteiger partial charge in [-0.15, -0.1) is 0 Å². The Kier molecular flexibility index (Phi) is 6.99. The highest BCUT2D eigenvalue weighted by Crippen LogP contribution is 2.13. The number of carboxylic acids is 1. The molecule has 1 unspecified atom stereocenters. The van der Waals surface area contributed by atoms with Crippen molar-refractivity contribution in [1.29, 1.82) is 0 Å². The largest absolute Gasteiger partial charge is 0.479 e. The predicted molar refractivity (Wildman–Crippen MR) is 116 cm³/mol. The van der Waals surface area contributed by atoms with Gasteiger partial charge in [0.25, 0.3) is 0 Å². The summed E-state index contributed by atoms with van der Waals surface area (Å²) in [6.45, 7) is 4.35. The zero-order valence-electron chi connectivity index (χ0n) is 17.1. The van der Waals surface area contributed by atoms with Crippen LogP contribution in [0.2, 0.25) is 0 Å². The smallest absolute Gasteiger partial charge is 0.332 e. The van der Waals surface area contributed by atoms with Gasteiger partial charge in [-0.2, -0.15) is 0 Å². The van der Waals surface area contributed by atoms with Crippen molar-refractivity contribution in [2.75, 3.05) is 0 Å². The Morgan fingerprint density at radius 1 is 1.07 bits per heavy atom. The Bertz CT molecular complexity index is 1030. The zero-order chi connectivity index (χ0) is 21.5. The lowest BCUT2D eigenvalue weighted by Gasteiger charge is -2.08. The molecule has 1 aromatic heterocycles. The number of ether oxygens (including phenoxy) is 1. The van der Waals surface area contributed by atoms with Crippen LogP contribution in [0.4, 0.5) is 0 Å². The molecule has 5 nitrogen and oxygen atoms in total. The lowest BCUT2D eigenvalue weighted by atomic mass is 10.1. The number of allylic oxidation sites excluding steroid dienone is 1. The zero-order valence-corrected chi connectivity index (χ0v) is 17.1. The Morgan fingerprint density at radius 2 is 1.77 bits per heavy atom. The van der Waals surface area contributed by atoms with Crippen LogP contribution in [0.3, 0.4) is 0 Å². The van der Waals surface area contributed by atoms with E-state index in [2.05, 4.69) is 0 Å². The number of rotatable bonds is 9. The molecule has 0 aliphatic carbocycles. The molecule has 0 saturated heterocycles. The first-order valence-electron chi connectivity index (χ1n) is 9.80. The summed E-state index contributed by atoms with van der Waals surface area (Å²) in [6, 6.07) is 19.0. The van der Waals surface area contributed by atoms with Crippen LogP contribution in [-0.4, -0.2) is 27.5 Å². The van der Waals surface area contributed by atoms with E-state index in [9.17, 15) is 9.59 Å². The van der Waals surface area contributed by atoms with Crippen LogP contribution in [0.5, 0.6) is 0 Å². The van der Waals surface area contributed by atoms with Crippen molar-refractivity contribution >= 4 is 17.8 Å². The van der Waals surface area contributed by atoms with Gasteiger partial charge in [-0.25, -0.2) is 4.79 Å². The van der Waals surface area contributed by atoms with E-state index >= 15 is 0 Å². The minimum Gasteiger partial charge on any atom is -0.479 e. The maximum atomic E-state index is 12.8. The average molecular weight is 403 g/mol. The molecule has 30 heavy (non-hydrogen) atoms. The molecule has 0 saturated carbocycles. The Labute approximate surface area is 176 Å². The van der Waals surface area contributed by atoms with Crippen molar-refractivity contribution in [1.82, 2.24) is 4.57 Å². The average Bonchev–Trinajstić information content (AvgIpc) is 3.21. The SMILES string of the molecule is Cc1ccc(C(=O)c2cccn2C/C=C/c2ccc(COC(C)C(=O)O)cc2)cc1. The predicted octanol–water partition coefficient (Wildman–Crippen LogP) is 4.73. The van der Waals surface area contributed by atoms with Crippen LogP contribution < -0.4 is 0 Å². The van der Waals surface area contributed by atoms with E-state index in [-0.39, 0.29) is 12.4 Å². The second-order valence-corrected chi connectivity index (χ2v) is 7.18. The molecule has 0 bridgehead atoms. The summed E-state index contributed by atoms with van der Waals surface area (Å²) < 4.78 is 7.21. The van der Waals surface area contributed by atoms with Gasteiger partial charge in [0.2, 0.25) is 5.78 Å². The van der Waals surface area contributed by atoms with Crippen molar-refractivity contribution < 1.29 is 19.4 Å². The van der Waals surface area contributed by atoms with Crippen molar-refractivity contribution in [3.05, 3.63) is 101 Å². The molecular weight excluding hydrogens is 378 g/mol. The summed E-state index contributed by atoms with van der Waals surface area (Å²) in [5.74, 6) is -0.965. The molecule has 1 heterocycles. The molecule has 1 atom stereocenters. The molecule has 5 heteroatoms. The monoisotopic (exact) mass is 403 g/mol. The van der Waals surface area contributed by atoms with Gasteiger partial charge in [0.1, 0.15) is 0 Å². The molecule has 0 fully saturated rings. The third kappa shape index (κ3) is 5.55. The van der Waals surface area contributed by atoms with Crippen LogP contribution in [0.1, 0.15) is 39.7 Å². The van der Waals surface area contributed by atoms with E-state index in [4.69, 9.17) is 9.84 Å². The first kappa shape index (κ1) is 21.3. The van der Waals surface area contributed by atoms with E-state index in [1.54, 1.807) is 0 Å². The molecular formula is C25H25NO4. The third-order valence-electron chi connectivity index (χ3n) is 4.82. The lowest BCUT2D eigenvalue weighted by molar-refractivity contribution is -0.149. The quantitative estimate of drug-likeness (QED) is 0.525. The van der Waals surface area contributed by atoms with Gasteiger partial charge in [-0.3, -0.25) is 4.79 Å². The Morgan fingerprint density at radius 3 is 2.43 bits per heavy atom. The first-order chi connectivity index (χ1) is 14.4. The van der Waals surface area contributed by atoms with Gasteiger partial charge in [0, 0.05) is 18.3 Å². The van der Waals surface area contributed by atoms with Gasteiger partial charge in [-0.05, 0) is 37.1 Å². The maximum absolute atomic E-state index is 12.8. The van der Waals surface area contributed by atoms with Crippen LogP contribution in [-0.2, 0) is 22.7 Å². The molecule has 0 spiro atoms. The first-order valence-corrected chi connectivity index (χ1v) is 9.80.